The van der Waals surface area contributed by atoms with Crippen LogP contribution in [-0.2, 0) is 0 Å². The Morgan fingerprint density at radius 1 is 1.17 bits per heavy atom. The van der Waals surface area contributed by atoms with Crippen LogP contribution >= 0.6 is 0 Å². The van der Waals surface area contributed by atoms with Crippen LogP contribution in [0.4, 0.5) is 0 Å². The van der Waals surface area contributed by atoms with Crippen LogP contribution in [0, 0.1) is 5.41 Å². The van der Waals surface area contributed by atoms with Crippen LogP contribution < -0.4 is 0 Å². The van der Waals surface area contributed by atoms with Crippen LogP contribution in [0.3, 0.4) is 0 Å². The fourth-order valence-electron chi connectivity index (χ4n) is 4.02. The summed E-state index contributed by atoms with van der Waals surface area (Å²) in [5.41, 5.74) is 2.02. The maximum atomic E-state index is 12.8. The fourth-order valence-corrected chi connectivity index (χ4v) is 4.02. The summed E-state index contributed by atoms with van der Waals surface area (Å²) < 4.78 is 0. The summed E-state index contributed by atoms with van der Waals surface area (Å²) in [5.74, 6) is 0.128. The normalized spacial score (nSPS) is 21.9. The van der Waals surface area contributed by atoms with Crippen molar-refractivity contribution in [3.63, 3.8) is 0 Å². The number of hydrogen-bond donors (Lipinski definition) is 1. The molecule has 0 aromatic carbocycles. The summed E-state index contributed by atoms with van der Waals surface area (Å²) >= 11 is 0. The molecule has 2 saturated heterocycles. The molecule has 5 heteroatoms. The van der Waals surface area contributed by atoms with Crippen molar-refractivity contribution in [2.24, 2.45) is 5.41 Å². The molecular formula is C18H24N4O. The van der Waals surface area contributed by atoms with Crippen LogP contribution in [0.1, 0.15) is 36.0 Å². The first-order valence-electron chi connectivity index (χ1n) is 8.56. The Morgan fingerprint density at radius 2 is 1.87 bits per heavy atom. The fraction of sp³-hybridized carbons (Fsp3) is 0.556. The highest BCUT2D eigenvalue weighted by Gasteiger charge is 2.37. The van der Waals surface area contributed by atoms with Crippen molar-refractivity contribution < 1.29 is 4.79 Å². The van der Waals surface area contributed by atoms with E-state index in [2.05, 4.69) is 21.9 Å². The number of pyridine rings is 1. The molecule has 0 saturated carbocycles. The summed E-state index contributed by atoms with van der Waals surface area (Å²) in [6.07, 6.45) is 8.40. The Morgan fingerprint density at radius 3 is 2.61 bits per heavy atom. The topological polar surface area (TPSA) is 52.2 Å². The van der Waals surface area contributed by atoms with Crippen molar-refractivity contribution >= 4 is 16.9 Å². The van der Waals surface area contributed by atoms with Gasteiger partial charge in [-0.1, -0.05) is 0 Å². The van der Waals surface area contributed by atoms with Gasteiger partial charge in [0.1, 0.15) is 5.65 Å². The molecule has 2 fully saturated rings. The van der Waals surface area contributed by atoms with E-state index in [-0.39, 0.29) is 5.91 Å². The van der Waals surface area contributed by atoms with Gasteiger partial charge in [-0.15, -0.1) is 0 Å². The van der Waals surface area contributed by atoms with Gasteiger partial charge in [0.15, 0.2) is 0 Å². The first-order chi connectivity index (χ1) is 11.2. The van der Waals surface area contributed by atoms with Crippen LogP contribution in [0.2, 0.25) is 0 Å². The minimum Gasteiger partial charge on any atom is -0.346 e. The largest absolute Gasteiger partial charge is 0.346 e. The lowest BCUT2D eigenvalue weighted by Crippen LogP contribution is -2.47. The molecule has 0 bridgehead atoms. The number of aromatic amines is 1. The van der Waals surface area contributed by atoms with Gasteiger partial charge >= 0.3 is 0 Å². The molecule has 2 aliphatic rings. The molecule has 0 radical (unpaired) electrons. The molecule has 2 aromatic heterocycles. The molecule has 2 aromatic rings. The predicted molar refractivity (Wildman–Crippen MR) is 90.4 cm³/mol. The number of nitrogens with zero attached hydrogens (tertiary/aromatic N) is 3. The third-order valence-electron chi connectivity index (χ3n) is 5.81. The molecule has 122 valence electrons. The van der Waals surface area contributed by atoms with E-state index in [1.807, 2.05) is 23.2 Å². The molecule has 23 heavy (non-hydrogen) atoms. The zero-order valence-corrected chi connectivity index (χ0v) is 13.7. The second-order valence-electron chi connectivity index (χ2n) is 7.23. The number of nitrogens with one attached hydrogen (secondary N) is 1. The van der Waals surface area contributed by atoms with E-state index in [0.29, 0.717) is 11.0 Å². The SMILES string of the molecule is CN1CCC2(CC1)CCN(C(=O)c1cnc3[nH]ccc3c1)CC2. The smallest absolute Gasteiger partial charge is 0.255 e. The van der Waals surface area contributed by atoms with Crippen molar-refractivity contribution in [1.82, 2.24) is 19.8 Å². The van der Waals surface area contributed by atoms with Crippen LogP contribution in [0.15, 0.2) is 24.5 Å². The number of fused-ring (bicyclic) bond motifs is 1. The van der Waals surface area contributed by atoms with Crippen molar-refractivity contribution in [3.8, 4) is 0 Å². The molecule has 0 atom stereocenters. The monoisotopic (exact) mass is 312 g/mol. The van der Waals surface area contributed by atoms with E-state index in [1.54, 1.807) is 6.20 Å². The second kappa shape index (κ2) is 5.64. The minimum absolute atomic E-state index is 0.128. The van der Waals surface area contributed by atoms with E-state index in [1.165, 1.54) is 25.9 Å². The number of piperidine rings is 2. The van der Waals surface area contributed by atoms with Gasteiger partial charge in [0.25, 0.3) is 5.91 Å². The van der Waals surface area contributed by atoms with Crippen LogP contribution in [0.5, 0.6) is 0 Å². The van der Waals surface area contributed by atoms with Crippen LogP contribution in [0.25, 0.3) is 11.0 Å². The molecule has 2 aliphatic heterocycles. The third-order valence-corrected chi connectivity index (χ3v) is 5.81. The molecule has 0 aliphatic carbocycles. The van der Waals surface area contributed by atoms with Gasteiger partial charge in [0, 0.05) is 30.9 Å². The van der Waals surface area contributed by atoms with Gasteiger partial charge in [-0.3, -0.25) is 4.79 Å². The minimum atomic E-state index is 0.128. The Hall–Kier alpha value is -1.88. The number of rotatable bonds is 1. The lowest BCUT2D eigenvalue weighted by Gasteiger charge is -2.46. The first kappa shape index (κ1) is 14.7. The summed E-state index contributed by atoms with van der Waals surface area (Å²) in [5, 5.41) is 1.000. The number of likely N-dealkylation sites (tertiary alicyclic amines) is 2. The number of aromatic nitrogens is 2. The molecule has 0 unspecified atom stereocenters. The van der Waals surface area contributed by atoms with Gasteiger partial charge in [-0.25, -0.2) is 4.98 Å². The van der Waals surface area contributed by atoms with E-state index >= 15 is 0 Å². The molecule has 5 nitrogen and oxygen atoms in total. The van der Waals surface area contributed by atoms with Gasteiger partial charge in [-0.05, 0) is 63.4 Å². The average Bonchev–Trinajstić information content (AvgIpc) is 3.05. The Kier molecular flexibility index (Phi) is 3.60. The highest BCUT2D eigenvalue weighted by atomic mass is 16.2. The first-order valence-corrected chi connectivity index (χ1v) is 8.56. The quantitative estimate of drug-likeness (QED) is 0.880. The molecule has 1 N–H and O–H groups in total. The standard InChI is InChI=1S/C18H24N4O/c1-21-8-3-18(4-9-21)5-10-22(11-6-18)17(23)15-12-14-2-7-19-16(14)20-13-15/h2,7,12-13H,3-6,8-11H2,1H3,(H,19,20). The molecule has 1 spiro atoms. The Balaban J connectivity index is 1.44. The molecule has 4 rings (SSSR count). The zero-order chi connectivity index (χ0) is 15.9. The summed E-state index contributed by atoms with van der Waals surface area (Å²) in [4.78, 5) is 24.6. The lowest BCUT2D eigenvalue weighted by molar-refractivity contribution is 0.0352. The van der Waals surface area contributed by atoms with E-state index in [0.717, 1.165) is 37.0 Å². The van der Waals surface area contributed by atoms with Crippen molar-refractivity contribution in [2.45, 2.75) is 25.7 Å². The third kappa shape index (κ3) is 2.74. The lowest BCUT2D eigenvalue weighted by atomic mass is 9.71. The Bertz CT molecular complexity index is 705. The van der Waals surface area contributed by atoms with E-state index in [9.17, 15) is 4.79 Å². The molecule has 4 heterocycles. The van der Waals surface area contributed by atoms with Gasteiger partial charge in [-0.2, -0.15) is 0 Å². The molecular weight excluding hydrogens is 288 g/mol. The maximum absolute atomic E-state index is 12.8. The van der Waals surface area contributed by atoms with Crippen LogP contribution in [-0.4, -0.2) is 58.9 Å². The van der Waals surface area contributed by atoms with Crippen molar-refractivity contribution in [3.05, 3.63) is 30.1 Å². The molecule has 1 amide bonds. The number of H-pyrrole nitrogens is 1. The van der Waals surface area contributed by atoms with Gasteiger partial charge < -0.3 is 14.8 Å². The average molecular weight is 312 g/mol. The summed E-state index contributed by atoms with van der Waals surface area (Å²) in [7, 11) is 2.20. The zero-order valence-electron chi connectivity index (χ0n) is 13.7. The van der Waals surface area contributed by atoms with Gasteiger partial charge in [0.2, 0.25) is 0 Å². The number of carbonyl (C=O) groups excluding carboxylic acids is 1. The summed E-state index contributed by atoms with van der Waals surface area (Å²) in [6, 6.07) is 3.91. The second-order valence-corrected chi connectivity index (χ2v) is 7.23. The van der Waals surface area contributed by atoms with E-state index in [4.69, 9.17) is 0 Å². The Labute approximate surface area is 136 Å². The highest BCUT2D eigenvalue weighted by Crippen LogP contribution is 2.41. The summed E-state index contributed by atoms with van der Waals surface area (Å²) in [6.45, 7) is 4.16. The van der Waals surface area contributed by atoms with Crippen molar-refractivity contribution in [1.29, 1.82) is 0 Å². The van der Waals surface area contributed by atoms with E-state index < -0.39 is 0 Å². The number of hydrogen-bond acceptors (Lipinski definition) is 3. The highest BCUT2D eigenvalue weighted by molar-refractivity contribution is 5.97. The van der Waals surface area contributed by atoms with Crippen molar-refractivity contribution in [2.75, 3.05) is 33.2 Å². The number of amides is 1. The number of carbonyl (C=O) groups is 1. The predicted octanol–water partition coefficient (Wildman–Crippen LogP) is 2.51. The maximum Gasteiger partial charge on any atom is 0.255 e. The van der Waals surface area contributed by atoms with Gasteiger partial charge in [0.05, 0.1) is 5.56 Å².